The summed E-state index contributed by atoms with van der Waals surface area (Å²) in [6, 6.07) is 6.42. The van der Waals surface area contributed by atoms with Gasteiger partial charge in [-0.3, -0.25) is 14.9 Å². The van der Waals surface area contributed by atoms with Gasteiger partial charge in [-0.15, -0.1) is 0 Å². The van der Waals surface area contributed by atoms with Crippen LogP contribution in [0.5, 0.6) is 0 Å². The molecule has 1 aromatic rings. The van der Waals surface area contributed by atoms with Gasteiger partial charge in [-0.25, -0.2) is 0 Å². The minimum atomic E-state index is -0.410. The molecular formula is C14H16N2O3. The van der Waals surface area contributed by atoms with Crippen LogP contribution in [0.15, 0.2) is 36.4 Å². The number of anilines is 1. The highest BCUT2D eigenvalue weighted by atomic mass is 16.6. The molecule has 0 saturated heterocycles. The Morgan fingerprint density at radius 2 is 2.05 bits per heavy atom. The van der Waals surface area contributed by atoms with Gasteiger partial charge in [0.15, 0.2) is 5.78 Å². The molecular weight excluding hydrogens is 244 g/mol. The molecule has 2 rings (SSSR count). The average Bonchev–Trinajstić information content (AvgIpc) is 2.32. The van der Waals surface area contributed by atoms with Crippen molar-refractivity contribution in [2.45, 2.75) is 26.3 Å². The van der Waals surface area contributed by atoms with Gasteiger partial charge in [0, 0.05) is 12.5 Å². The molecule has 0 aromatic heterocycles. The maximum Gasteiger partial charge on any atom is 0.292 e. The van der Waals surface area contributed by atoms with Crippen molar-refractivity contribution in [2.24, 2.45) is 5.41 Å². The smallest absolute Gasteiger partial charge is 0.292 e. The van der Waals surface area contributed by atoms with Crippen LogP contribution >= 0.6 is 0 Å². The lowest BCUT2D eigenvalue weighted by atomic mass is 9.76. The molecule has 1 aromatic carbocycles. The second kappa shape index (κ2) is 4.84. The topological polar surface area (TPSA) is 72.2 Å². The maximum atomic E-state index is 11.4. The zero-order valence-electron chi connectivity index (χ0n) is 10.9. The lowest BCUT2D eigenvalue weighted by Gasteiger charge is -2.35. The number of carbonyl (C=O) groups is 1. The highest BCUT2D eigenvalue weighted by molar-refractivity contribution is 5.91. The molecule has 100 valence electrons. The fraction of sp³-hybridized carbons (Fsp3) is 0.357. The van der Waals surface area contributed by atoms with Crippen molar-refractivity contribution in [1.82, 2.24) is 0 Å². The van der Waals surface area contributed by atoms with Crippen molar-refractivity contribution >= 4 is 17.2 Å². The number of para-hydroxylation sites is 2. The van der Waals surface area contributed by atoms with Crippen LogP contribution in [0.25, 0.3) is 0 Å². The Morgan fingerprint density at radius 3 is 2.68 bits per heavy atom. The van der Waals surface area contributed by atoms with Crippen molar-refractivity contribution in [1.29, 1.82) is 0 Å². The van der Waals surface area contributed by atoms with E-state index in [4.69, 9.17) is 0 Å². The van der Waals surface area contributed by atoms with Crippen LogP contribution in [0, 0.1) is 15.5 Å². The van der Waals surface area contributed by atoms with E-state index < -0.39 is 4.92 Å². The molecule has 1 aliphatic carbocycles. The van der Waals surface area contributed by atoms with Crippen LogP contribution in [-0.4, -0.2) is 16.7 Å². The summed E-state index contributed by atoms with van der Waals surface area (Å²) >= 11 is 0. The first-order valence-corrected chi connectivity index (χ1v) is 6.11. The second-order valence-corrected chi connectivity index (χ2v) is 5.39. The van der Waals surface area contributed by atoms with E-state index in [1.54, 1.807) is 24.3 Å². The molecule has 1 unspecified atom stereocenters. The lowest BCUT2D eigenvalue weighted by molar-refractivity contribution is -0.384. The summed E-state index contributed by atoms with van der Waals surface area (Å²) in [5.74, 6) is 0.0885. The number of hydrogen-bond acceptors (Lipinski definition) is 4. The number of rotatable bonds is 3. The van der Waals surface area contributed by atoms with E-state index in [0.717, 1.165) is 0 Å². The number of nitro benzene ring substituents is 1. The highest BCUT2D eigenvalue weighted by Crippen LogP contribution is 2.34. The number of hydrogen-bond donors (Lipinski definition) is 1. The van der Waals surface area contributed by atoms with E-state index in [-0.39, 0.29) is 22.9 Å². The summed E-state index contributed by atoms with van der Waals surface area (Å²) in [6.45, 7) is 3.95. The largest absolute Gasteiger partial charge is 0.373 e. The molecule has 0 heterocycles. The number of nitrogens with one attached hydrogen (secondary N) is 1. The van der Waals surface area contributed by atoms with Crippen LogP contribution in [0.1, 0.15) is 20.3 Å². The zero-order chi connectivity index (χ0) is 14.0. The van der Waals surface area contributed by atoms with Gasteiger partial charge in [-0.2, -0.15) is 0 Å². The lowest BCUT2D eigenvalue weighted by Crippen LogP contribution is -2.39. The van der Waals surface area contributed by atoms with Crippen molar-refractivity contribution in [3.63, 3.8) is 0 Å². The van der Waals surface area contributed by atoms with Crippen molar-refractivity contribution in [3.8, 4) is 0 Å². The van der Waals surface area contributed by atoms with E-state index in [1.807, 2.05) is 13.8 Å². The Kier molecular flexibility index (Phi) is 3.38. The monoisotopic (exact) mass is 260 g/mol. The first-order chi connectivity index (χ1) is 8.90. The molecule has 1 aliphatic rings. The normalized spacial score (nSPS) is 21.2. The number of nitro groups is 1. The van der Waals surface area contributed by atoms with Gasteiger partial charge in [0.1, 0.15) is 5.69 Å². The first kappa shape index (κ1) is 13.3. The predicted molar refractivity (Wildman–Crippen MR) is 73.1 cm³/mol. The maximum absolute atomic E-state index is 11.4. The fourth-order valence-electron chi connectivity index (χ4n) is 2.25. The number of ketones is 1. The molecule has 1 atom stereocenters. The third-order valence-electron chi connectivity index (χ3n) is 3.36. The summed E-state index contributed by atoms with van der Waals surface area (Å²) < 4.78 is 0. The quantitative estimate of drug-likeness (QED) is 0.670. The summed E-state index contributed by atoms with van der Waals surface area (Å²) in [4.78, 5) is 22.0. The molecule has 0 aliphatic heterocycles. The number of carbonyl (C=O) groups excluding carboxylic acids is 1. The van der Waals surface area contributed by atoms with Crippen LogP contribution in [-0.2, 0) is 4.79 Å². The van der Waals surface area contributed by atoms with E-state index in [1.165, 1.54) is 12.1 Å². The second-order valence-electron chi connectivity index (χ2n) is 5.39. The molecule has 1 N–H and O–H groups in total. The van der Waals surface area contributed by atoms with E-state index in [0.29, 0.717) is 12.1 Å². The van der Waals surface area contributed by atoms with Crippen LogP contribution in [0.2, 0.25) is 0 Å². The Morgan fingerprint density at radius 1 is 1.37 bits per heavy atom. The van der Waals surface area contributed by atoms with E-state index >= 15 is 0 Å². The molecule has 0 bridgehead atoms. The summed E-state index contributed by atoms with van der Waals surface area (Å²) in [7, 11) is 0. The number of allylic oxidation sites excluding steroid dienone is 1. The third kappa shape index (κ3) is 2.81. The molecule has 5 nitrogen and oxygen atoms in total. The molecule has 0 amide bonds. The van der Waals surface area contributed by atoms with E-state index in [9.17, 15) is 14.9 Å². The Balaban J connectivity index is 2.29. The van der Waals surface area contributed by atoms with Gasteiger partial charge in [0.2, 0.25) is 0 Å². The molecule has 0 radical (unpaired) electrons. The molecule has 19 heavy (non-hydrogen) atoms. The summed E-state index contributed by atoms with van der Waals surface area (Å²) in [5, 5.41) is 14.1. The first-order valence-electron chi connectivity index (χ1n) is 6.11. The SMILES string of the molecule is CC1(C)CC(=O)C=CC1Nc1ccccc1[N+](=O)[O-]. The minimum absolute atomic E-state index is 0.0450. The predicted octanol–water partition coefficient (Wildman–Crippen LogP) is 2.93. The van der Waals surface area contributed by atoms with Gasteiger partial charge in [0.05, 0.1) is 11.0 Å². The third-order valence-corrected chi connectivity index (χ3v) is 3.36. The van der Waals surface area contributed by atoms with Crippen LogP contribution in [0.4, 0.5) is 11.4 Å². The van der Waals surface area contributed by atoms with Crippen LogP contribution in [0.3, 0.4) is 0 Å². The molecule has 5 heteroatoms. The van der Waals surface area contributed by atoms with Crippen LogP contribution < -0.4 is 5.32 Å². The van der Waals surface area contributed by atoms with Gasteiger partial charge in [-0.1, -0.05) is 32.1 Å². The van der Waals surface area contributed by atoms with E-state index in [2.05, 4.69) is 5.32 Å². The van der Waals surface area contributed by atoms with Crippen molar-refractivity contribution < 1.29 is 9.72 Å². The van der Waals surface area contributed by atoms with Gasteiger partial charge >= 0.3 is 0 Å². The standard InChI is InChI=1S/C14H16N2O3/c1-14(2)9-10(17)7-8-13(14)15-11-5-3-4-6-12(11)16(18)19/h3-8,13,15H,9H2,1-2H3. The zero-order valence-corrected chi connectivity index (χ0v) is 10.9. The highest BCUT2D eigenvalue weighted by Gasteiger charge is 2.33. The average molecular weight is 260 g/mol. The summed E-state index contributed by atoms with van der Waals surface area (Å²) in [5.41, 5.74) is 0.253. The molecule has 0 fully saturated rings. The Bertz CT molecular complexity index is 549. The fourth-order valence-corrected chi connectivity index (χ4v) is 2.25. The number of benzene rings is 1. The van der Waals surface area contributed by atoms with Gasteiger partial charge in [0.25, 0.3) is 5.69 Å². The minimum Gasteiger partial charge on any atom is -0.373 e. The molecule has 0 spiro atoms. The Hall–Kier alpha value is -2.17. The van der Waals surface area contributed by atoms with Gasteiger partial charge < -0.3 is 5.32 Å². The number of nitrogens with zero attached hydrogens (tertiary/aromatic N) is 1. The Labute approximate surface area is 111 Å². The summed E-state index contributed by atoms with van der Waals surface area (Å²) in [6.07, 6.45) is 3.75. The van der Waals surface area contributed by atoms with Crippen molar-refractivity contribution in [2.75, 3.05) is 5.32 Å². The van der Waals surface area contributed by atoms with Crippen molar-refractivity contribution in [3.05, 3.63) is 46.5 Å². The van der Waals surface area contributed by atoms with Gasteiger partial charge in [-0.05, 0) is 17.6 Å². The molecule has 0 saturated carbocycles.